The number of unbranched alkanes of at least 4 members (excludes halogenated alkanes) is 1. The maximum atomic E-state index is 12.8. The highest BCUT2D eigenvalue weighted by Gasteiger charge is 2.26. The van der Waals surface area contributed by atoms with Crippen molar-refractivity contribution in [3.8, 4) is 11.4 Å². The summed E-state index contributed by atoms with van der Waals surface area (Å²) in [6.07, 6.45) is 5.65. The molecule has 1 atom stereocenters. The van der Waals surface area contributed by atoms with Crippen LogP contribution >= 0.6 is 11.3 Å². The molecule has 30 heavy (non-hydrogen) atoms. The smallest absolute Gasteiger partial charge is 0.254 e. The van der Waals surface area contributed by atoms with E-state index < -0.39 is 10.8 Å². The van der Waals surface area contributed by atoms with Gasteiger partial charge in [-0.25, -0.2) is 9.97 Å². The first-order chi connectivity index (χ1) is 14.5. The SMILES string of the molecule is CCCCS(=O)c1sc2c(nc(-c3ccc4c(c3)CN(C)C4=O)n3ccnc23)c1C. The Hall–Kier alpha value is -2.58. The second-order valence-corrected chi connectivity index (χ2v) is 10.5. The molecule has 0 bridgehead atoms. The molecule has 154 valence electrons. The number of nitrogens with zero attached hydrogens (tertiary/aromatic N) is 4. The fraction of sp³-hybridized carbons (Fsp3) is 0.318. The number of carbonyl (C=O) groups excluding carboxylic acids is 1. The van der Waals surface area contributed by atoms with Crippen molar-refractivity contribution in [3.63, 3.8) is 0 Å². The minimum atomic E-state index is -1.02. The second-order valence-electron chi connectivity index (χ2n) is 7.68. The van der Waals surface area contributed by atoms with E-state index in [4.69, 9.17) is 4.98 Å². The summed E-state index contributed by atoms with van der Waals surface area (Å²) in [5, 5.41) is 0. The molecule has 0 saturated carbocycles. The highest BCUT2D eigenvalue weighted by molar-refractivity contribution is 7.87. The Labute approximate surface area is 181 Å². The summed E-state index contributed by atoms with van der Waals surface area (Å²) >= 11 is 1.54. The van der Waals surface area contributed by atoms with Crippen LogP contribution in [-0.2, 0) is 17.3 Å². The molecular weight excluding hydrogens is 416 g/mol. The van der Waals surface area contributed by atoms with Gasteiger partial charge in [0.1, 0.15) is 5.82 Å². The van der Waals surface area contributed by atoms with Gasteiger partial charge < -0.3 is 4.90 Å². The van der Waals surface area contributed by atoms with Gasteiger partial charge in [0.15, 0.2) is 5.65 Å². The number of benzene rings is 1. The molecular formula is C22H22N4O2S2. The van der Waals surface area contributed by atoms with E-state index in [9.17, 15) is 9.00 Å². The number of imidazole rings is 1. The first-order valence-corrected chi connectivity index (χ1v) is 12.2. The molecule has 4 aromatic rings. The van der Waals surface area contributed by atoms with E-state index in [1.54, 1.807) is 22.4 Å². The molecule has 5 rings (SSSR count). The van der Waals surface area contributed by atoms with Gasteiger partial charge in [-0.3, -0.25) is 13.4 Å². The Morgan fingerprint density at radius 2 is 2.13 bits per heavy atom. The van der Waals surface area contributed by atoms with Gasteiger partial charge in [-0.2, -0.15) is 0 Å². The number of aromatic nitrogens is 3. The Morgan fingerprint density at radius 3 is 2.93 bits per heavy atom. The van der Waals surface area contributed by atoms with E-state index in [1.807, 2.05) is 42.8 Å². The second kappa shape index (κ2) is 7.28. The standard InChI is InChI=1S/C22H22N4O2S2/c1-4-5-10-30(28)22-13(2)17-18(29-22)20-23-8-9-26(20)19(24-17)14-6-7-16-15(11-14)12-25(3)21(16)27/h6-9,11H,4-5,10,12H2,1-3H3. The summed E-state index contributed by atoms with van der Waals surface area (Å²) in [5.41, 5.74) is 5.38. The zero-order valence-electron chi connectivity index (χ0n) is 17.1. The Kier molecular flexibility index (Phi) is 4.71. The zero-order chi connectivity index (χ0) is 21.0. The van der Waals surface area contributed by atoms with Crippen molar-refractivity contribution in [2.75, 3.05) is 12.8 Å². The van der Waals surface area contributed by atoms with Crippen molar-refractivity contribution in [1.82, 2.24) is 19.3 Å². The third kappa shape index (κ3) is 2.89. The van der Waals surface area contributed by atoms with Crippen LogP contribution in [0.5, 0.6) is 0 Å². The lowest BCUT2D eigenvalue weighted by molar-refractivity contribution is 0.0816. The summed E-state index contributed by atoms with van der Waals surface area (Å²) in [6, 6.07) is 5.88. The number of amides is 1. The first kappa shape index (κ1) is 19.4. The summed E-state index contributed by atoms with van der Waals surface area (Å²) in [5.74, 6) is 1.51. The van der Waals surface area contributed by atoms with Crippen LogP contribution in [0.15, 0.2) is 34.8 Å². The van der Waals surface area contributed by atoms with Crippen LogP contribution in [0.4, 0.5) is 0 Å². The zero-order valence-corrected chi connectivity index (χ0v) is 18.8. The lowest BCUT2D eigenvalue weighted by Crippen LogP contribution is -2.17. The summed E-state index contributed by atoms with van der Waals surface area (Å²) in [7, 11) is 0.796. The molecule has 0 aliphatic carbocycles. The minimum absolute atomic E-state index is 0.0561. The van der Waals surface area contributed by atoms with E-state index in [1.165, 1.54) is 0 Å². The van der Waals surface area contributed by atoms with E-state index in [0.717, 1.165) is 61.0 Å². The summed E-state index contributed by atoms with van der Waals surface area (Å²) < 4.78 is 16.7. The number of rotatable bonds is 5. The average molecular weight is 439 g/mol. The molecule has 1 aliphatic heterocycles. The van der Waals surface area contributed by atoms with Crippen molar-refractivity contribution in [2.45, 2.75) is 37.4 Å². The van der Waals surface area contributed by atoms with E-state index in [2.05, 4.69) is 11.9 Å². The largest absolute Gasteiger partial charge is 0.337 e. The van der Waals surface area contributed by atoms with Gasteiger partial charge in [0, 0.05) is 48.4 Å². The number of hydrogen-bond donors (Lipinski definition) is 0. The Balaban J connectivity index is 1.69. The molecule has 4 heterocycles. The fourth-order valence-electron chi connectivity index (χ4n) is 3.97. The van der Waals surface area contributed by atoms with Gasteiger partial charge in [-0.05, 0) is 31.0 Å². The normalized spacial score (nSPS) is 14.8. The Morgan fingerprint density at radius 1 is 1.30 bits per heavy atom. The molecule has 8 heteroatoms. The maximum Gasteiger partial charge on any atom is 0.254 e. The molecule has 0 radical (unpaired) electrons. The van der Waals surface area contributed by atoms with Crippen LogP contribution in [0.2, 0.25) is 0 Å². The fourth-order valence-corrected chi connectivity index (χ4v) is 6.99. The highest BCUT2D eigenvalue weighted by atomic mass is 32.2. The van der Waals surface area contributed by atoms with Crippen LogP contribution in [0.25, 0.3) is 27.3 Å². The van der Waals surface area contributed by atoms with Gasteiger partial charge in [0.25, 0.3) is 5.91 Å². The third-order valence-corrected chi connectivity index (χ3v) is 8.86. The van der Waals surface area contributed by atoms with Crippen LogP contribution < -0.4 is 0 Å². The maximum absolute atomic E-state index is 12.8. The molecule has 6 nitrogen and oxygen atoms in total. The molecule has 1 amide bonds. The van der Waals surface area contributed by atoms with Crippen LogP contribution in [0.1, 0.15) is 41.3 Å². The minimum Gasteiger partial charge on any atom is -0.337 e. The highest BCUT2D eigenvalue weighted by Crippen LogP contribution is 2.37. The van der Waals surface area contributed by atoms with Crippen molar-refractivity contribution >= 4 is 43.9 Å². The monoisotopic (exact) mass is 438 g/mol. The molecule has 0 fully saturated rings. The molecule has 1 aliphatic rings. The number of aryl methyl sites for hydroxylation is 1. The lowest BCUT2D eigenvalue weighted by Gasteiger charge is -2.08. The predicted molar refractivity (Wildman–Crippen MR) is 121 cm³/mol. The average Bonchev–Trinajstić information content (AvgIpc) is 3.42. The van der Waals surface area contributed by atoms with Gasteiger partial charge in [-0.15, -0.1) is 11.3 Å². The van der Waals surface area contributed by atoms with Crippen molar-refractivity contribution in [1.29, 1.82) is 0 Å². The van der Waals surface area contributed by atoms with Gasteiger partial charge in [-0.1, -0.05) is 19.4 Å². The predicted octanol–water partition coefficient (Wildman–Crippen LogP) is 4.41. The number of thiophene rings is 1. The van der Waals surface area contributed by atoms with E-state index in [-0.39, 0.29) is 5.91 Å². The van der Waals surface area contributed by atoms with Gasteiger partial charge in [0.2, 0.25) is 0 Å². The van der Waals surface area contributed by atoms with Gasteiger partial charge in [0.05, 0.1) is 25.2 Å². The van der Waals surface area contributed by atoms with Crippen LogP contribution in [-0.4, -0.2) is 42.2 Å². The van der Waals surface area contributed by atoms with Crippen LogP contribution in [0.3, 0.4) is 0 Å². The molecule has 3 aromatic heterocycles. The number of carbonyl (C=O) groups is 1. The lowest BCUT2D eigenvalue weighted by atomic mass is 10.1. The van der Waals surface area contributed by atoms with Crippen molar-refractivity contribution in [2.24, 2.45) is 0 Å². The Bertz CT molecular complexity index is 1340. The number of fused-ring (bicyclic) bond motifs is 4. The van der Waals surface area contributed by atoms with E-state index >= 15 is 0 Å². The van der Waals surface area contributed by atoms with E-state index in [0.29, 0.717) is 12.3 Å². The topological polar surface area (TPSA) is 67.6 Å². The molecule has 0 N–H and O–H groups in total. The molecule has 1 aromatic carbocycles. The third-order valence-electron chi connectivity index (χ3n) is 5.60. The first-order valence-electron chi connectivity index (χ1n) is 10.0. The van der Waals surface area contributed by atoms with Gasteiger partial charge >= 0.3 is 0 Å². The molecule has 0 saturated heterocycles. The van der Waals surface area contributed by atoms with Crippen molar-refractivity contribution in [3.05, 3.63) is 47.3 Å². The summed E-state index contributed by atoms with van der Waals surface area (Å²) in [6.45, 7) is 4.72. The molecule has 0 spiro atoms. The molecule has 1 unspecified atom stereocenters. The van der Waals surface area contributed by atoms with Crippen LogP contribution in [0, 0.1) is 6.92 Å². The quantitative estimate of drug-likeness (QED) is 0.463. The van der Waals surface area contributed by atoms with Crippen molar-refractivity contribution < 1.29 is 9.00 Å². The summed E-state index contributed by atoms with van der Waals surface area (Å²) in [4.78, 5) is 23.5. The number of hydrogen-bond acceptors (Lipinski definition) is 5.